The SMILES string of the molecule is CCCCc1ccc(OC(=O)Oc2ccc(CCCC)cc2)cc1. The Morgan fingerprint density at radius 2 is 1.08 bits per heavy atom. The van der Waals surface area contributed by atoms with E-state index in [1.165, 1.54) is 24.0 Å². The van der Waals surface area contributed by atoms with Crippen LogP contribution in [0.25, 0.3) is 0 Å². The zero-order chi connectivity index (χ0) is 17.2. The summed E-state index contributed by atoms with van der Waals surface area (Å²) < 4.78 is 10.4. The molecule has 0 fully saturated rings. The van der Waals surface area contributed by atoms with Crippen LogP contribution >= 0.6 is 0 Å². The lowest BCUT2D eigenvalue weighted by molar-refractivity contribution is 0.152. The van der Waals surface area contributed by atoms with Gasteiger partial charge in [0.15, 0.2) is 0 Å². The minimum atomic E-state index is -0.711. The smallest absolute Gasteiger partial charge is 0.395 e. The average molecular weight is 326 g/mol. The topological polar surface area (TPSA) is 35.5 Å². The molecule has 2 rings (SSSR count). The third-order valence-electron chi connectivity index (χ3n) is 3.89. The van der Waals surface area contributed by atoms with Crippen LogP contribution in [0.3, 0.4) is 0 Å². The summed E-state index contributed by atoms with van der Waals surface area (Å²) in [5.74, 6) is 1.000. The second kappa shape index (κ2) is 9.76. The van der Waals surface area contributed by atoms with E-state index in [-0.39, 0.29) is 0 Å². The first kappa shape index (κ1) is 18.1. The Balaban J connectivity index is 1.84. The molecule has 0 aliphatic rings. The Morgan fingerprint density at radius 1 is 0.708 bits per heavy atom. The van der Waals surface area contributed by atoms with E-state index in [0.29, 0.717) is 11.5 Å². The van der Waals surface area contributed by atoms with Crippen molar-refractivity contribution in [1.82, 2.24) is 0 Å². The van der Waals surface area contributed by atoms with Crippen molar-refractivity contribution in [2.45, 2.75) is 52.4 Å². The molecule has 0 saturated heterocycles. The molecular weight excluding hydrogens is 300 g/mol. The van der Waals surface area contributed by atoms with E-state index in [1.54, 1.807) is 24.3 Å². The predicted octanol–water partition coefficient (Wildman–Crippen LogP) is 5.95. The highest BCUT2D eigenvalue weighted by Gasteiger charge is 2.08. The third kappa shape index (κ3) is 6.07. The standard InChI is InChI=1S/C21H26O3/c1-3-5-7-17-9-13-19(14-10-17)23-21(22)24-20-15-11-18(12-16-20)8-6-4-2/h9-16H,3-8H2,1-2H3. The van der Waals surface area contributed by atoms with Gasteiger partial charge >= 0.3 is 6.16 Å². The summed E-state index contributed by atoms with van der Waals surface area (Å²) in [6.45, 7) is 4.34. The van der Waals surface area contributed by atoms with E-state index in [1.807, 2.05) is 24.3 Å². The fourth-order valence-corrected chi connectivity index (χ4v) is 2.42. The molecule has 0 aromatic heterocycles. The van der Waals surface area contributed by atoms with Gasteiger partial charge in [-0.1, -0.05) is 51.0 Å². The van der Waals surface area contributed by atoms with Crippen LogP contribution in [0, 0.1) is 0 Å². The molecule has 0 aliphatic carbocycles. The largest absolute Gasteiger partial charge is 0.519 e. The number of carbonyl (C=O) groups excluding carboxylic acids is 1. The van der Waals surface area contributed by atoms with Crippen molar-refractivity contribution in [2.24, 2.45) is 0 Å². The number of benzene rings is 2. The molecule has 0 spiro atoms. The number of ether oxygens (including phenoxy) is 2. The second-order valence-electron chi connectivity index (χ2n) is 5.95. The molecule has 0 amide bonds. The Hall–Kier alpha value is -2.29. The number of aryl methyl sites for hydroxylation is 2. The van der Waals surface area contributed by atoms with Crippen LogP contribution in [-0.2, 0) is 12.8 Å². The molecule has 0 saturated carbocycles. The van der Waals surface area contributed by atoms with Crippen molar-refractivity contribution in [1.29, 1.82) is 0 Å². The van der Waals surface area contributed by atoms with E-state index >= 15 is 0 Å². The molecule has 2 aromatic carbocycles. The van der Waals surface area contributed by atoms with E-state index in [4.69, 9.17) is 9.47 Å². The fourth-order valence-electron chi connectivity index (χ4n) is 2.42. The molecule has 0 bridgehead atoms. The first-order valence-electron chi connectivity index (χ1n) is 8.78. The molecular formula is C21H26O3. The molecule has 3 nitrogen and oxygen atoms in total. The van der Waals surface area contributed by atoms with Crippen LogP contribution in [0.2, 0.25) is 0 Å². The minimum absolute atomic E-state index is 0.500. The van der Waals surface area contributed by atoms with E-state index in [0.717, 1.165) is 25.7 Å². The zero-order valence-corrected chi connectivity index (χ0v) is 14.6. The Kier molecular flexibility index (Phi) is 7.34. The normalized spacial score (nSPS) is 10.4. The highest BCUT2D eigenvalue weighted by Crippen LogP contribution is 2.17. The van der Waals surface area contributed by atoms with Gasteiger partial charge in [0.25, 0.3) is 0 Å². The summed E-state index contributed by atoms with van der Waals surface area (Å²) in [4.78, 5) is 11.9. The van der Waals surface area contributed by atoms with E-state index < -0.39 is 6.16 Å². The highest BCUT2D eigenvalue weighted by molar-refractivity contribution is 5.67. The van der Waals surface area contributed by atoms with Crippen molar-refractivity contribution in [3.05, 3.63) is 59.7 Å². The summed E-state index contributed by atoms with van der Waals surface area (Å²) in [6, 6.07) is 15.2. The lowest BCUT2D eigenvalue weighted by Gasteiger charge is -2.07. The molecule has 24 heavy (non-hydrogen) atoms. The molecule has 0 unspecified atom stereocenters. The van der Waals surface area contributed by atoms with Gasteiger partial charge in [0.1, 0.15) is 11.5 Å². The van der Waals surface area contributed by atoms with Crippen molar-refractivity contribution in [3.63, 3.8) is 0 Å². The summed E-state index contributed by atoms with van der Waals surface area (Å²) >= 11 is 0. The fraction of sp³-hybridized carbons (Fsp3) is 0.381. The van der Waals surface area contributed by atoms with Crippen LogP contribution in [0.15, 0.2) is 48.5 Å². The van der Waals surface area contributed by atoms with Crippen LogP contribution in [-0.4, -0.2) is 6.16 Å². The number of unbranched alkanes of at least 4 members (excludes halogenated alkanes) is 2. The van der Waals surface area contributed by atoms with Crippen molar-refractivity contribution >= 4 is 6.16 Å². The maximum Gasteiger partial charge on any atom is 0.519 e. The van der Waals surface area contributed by atoms with Crippen LogP contribution in [0.1, 0.15) is 50.7 Å². The van der Waals surface area contributed by atoms with Crippen molar-refractivity contribution < 1.29 is 14.3 Å². The predicted molar refractivity (Wildman–Crippen MR) is 96.8 cm³/mol. The highest BCUT2D eigenvalue weighted by atomic mass is 16.7. The first-order valence-corrected chi connectivity index (χ1v) is 8.78. The summed E-state index contributed by atoms with van der Waals surface area (Å²) in [6.07, 6.45) is 6.05. The van der Waals surface area contributed by atoms with Gasteiger partial charge < -0.3 is 9.47 Å². The molecule has 0 N–H and O–H groups in total. The summed E-state index contributed by atoms with van der Waals surface area (Å²) in [5, 5.41) is 0. The number of hydrogen-bond acceptors (Lipinski definition) is 3. The maximum absolute atomic E-state index is 11.9. The molecule has 0 atom stereocenters. The number of carbonyl (C=O) groups is 1. The molecule has 0 heterocycles. The van der Waals surface area contributed by atoms with Gasteiger partial charge in [-0.3, -0.25) is 0 Å². The average Bonchev–Trinajstić information content (AvgIpc) is 2.60. The van der Waals surface area contributed by atoms with Gasteiger partial charge in [-0.25, -0.2) is 4.79 Å². The van der Waals surface area contributed by atoms with Gasteiger partial charge in [-0.15, -0.1) is 0 Å². The van der Waals surface area contributed by atoms with Gasteiger partial charge in [-0.05, 0) is 61.1 Å². The summed E-state index contributed by atoms with van der Waals surface area (Å²) in [5.41, 5.74) is 2.50. The van der Waals surface area contributed by atoms with Crippen LogP contribution in [0.4, 0.5) is 4.79 Å². The van der Waals surface area contributed by atoms with Gasteiger partial charge in [0, 0.05) is 0 Å². The second-order valence-corrected chi connectivity index (χ2v) is 5.95. The van der Waals surface area contributed by atoms with E-state index in [9.17, 15) is 4.79 Å². The van der Waals surface area contributed by atoms with Gasteiger partial charge in [-0.2, -0.15) is 0 Å². The quantitative estimate of drug-likeness (QED) is 0.444. The summed E-state index contributed by atoms with van der Waals surface area (Å²) in [7, 11) is 0. The van der Waals surface area contributed by atoms with Crippen molar-refractivity contribution in [2.75, 3.05) is 0 Å². The molecule has 2 aromatic rings. The van der Waals surface area contributed by atoms with Crippen LogP contribution < -0.4 is 9.47 Å². The van der Waals surface area contributed by atoms with Crippen LogP contribution in [0.5, 0.6) is 11.5 Å². The number of hydrogen-bond donors (Lipinski definition) is 0. The Morgan fingerprint density at radius 3 is 1.42 bits per heavy atom. The maximum atomic E-state index is 11.9. The number of rotatable bonds is 8. The van der Waals surface area contributed by atoms with E-state index in [2.05, 4.69) is 13.8 Å². The Labute approximate surface area is 144 Å². The first-order chi connectivity index (χ1) is 11.7. The third-order valence-corrected chi connectivity index (χ3v) is 3.89. The lowest BCUT2D eigenvalue weighted by atomic mass is 10.1. The van der Waals surface area contributed by atoms with Crippen molar-refractivity contribution in [3.8, 4) is 11.5 Å². The van der Waals surface area contributed by atoms with Gasteiger partial charge in [0.05, 0.1) is 0 Å². The Bertz CT molecular complexity index is 559. The van der Waals surface area contributed by atoms with Gasteiger partial charge in [0.2, 0.25) is 0 Å². The molecule has 0 aliphatic heterocycles. The lowest BCUT2D eigenvalue weighted by Crippen LogP contribution is -2.13. The molecule has 0 radical (unpaired) electrons. The molecule has 3 heteroatoms. The monoisotopic (exact) mass is 326 g/mol. The minimum Gasteiger partial charge on any atom is -0.395 e. The zero-order valence-electron chi connectivity index (χ0n) is 14.6. The molecule has 128 valence electrons.